The van der Waals surface area contributed by atoms with Crippen LogP contribution in [0.5, 0.6) is 0 Å². The fourth-order valence-electron chi connectivity index (χ4n) is 4.00. The zero-order valence-electron chi connectivity index (χ0n) is 18.8. The van der Waals surface area contributed by atoms with Gasteiger partial charge in [0.25, 0.3) is 5.91 Å². The van der Waals surface area contributed by atoms with Crippen LogP contribution >= 0.6 is 0 Å². The van der Waals surface area contributed by atoms with Gasteiger partial charge in [-0.05, 0) is 36.4 Å². The minimum Gasteiger partial charge on any atom is -0.379 e. The number of carbonyl (C=O) groups is 1. The SMILES string of the molecule is O=C(Nc1cccc(CN2CCOCC2)n1)c1ccnc2nc(-c3cc(F)ccc3C(F)(F)F)[nH]c12. The molecule has 186 valence electrons. The van der Waals surface area contributed by atoms with Gasteiger partial charge in [-0.3, -0.25) is 9.69 Å². The van der Waals surface area contributed by atoms with Crippen LogP contribution in [0.2, 0.25) is 0 Å². The second-order valence-corrected chi connectivity index (χ2v) is 8.19. The number of amides is 1. The van der Waals surface area contributed by atoms with Gasteiger partial charge in [0, 0.05) is 31.4 Å². The zero-order valence-corrected chi connectivity index (χ0v) is 18.8. The molecule has 1 aliphatic heterocycles. The van der Waals surface area contributed by atoms with Crippen molar-refractivity contribution >= 4 is 22.9 Å². The third-order valence-corrected chi connectivity index (χ3v) is 5.72. The van der Waals surface area contributed by atoms with Crippen LogP contribution < -0.4 is 5.32 Å². The summed E-state index contributed by atoms with van der Waals surface area (Å²) in [5.41, 5.74) is -0.538. The molecule has 4 aromatic rings. The Bertz CT molecular complexity index is 1420. The van der Waals surface area contributed by atoms with Crippen molar-refractivity contribution in [1.82, 2.24) is 24.8 Å². The van der Waals surface area contributed by atoms with Crippen LogP contribution in [0, 0.1) is 5.82 Å². The lowest BCUT2D eigenvalue weighted by Crippen LogP contribution is -2.35. The number of aromatic amines is 1. The van der Waals surface area contributed by atoms with Crippen molar-refractivity contribution < 1.29 is 27.1 Å². The minimum atomic E-state index is -4.73. The number of morpholine rings is 1. The van der Waals surface area contributed by atoms with Gasteiger partial charge >= 0.3 is 6.18 Å². The Morgan fingerprint density at radius 2 is 1.92 bits per heavy atom. The lowest BCUT2D eigenvalue weighted by molar-refractivity contribution is -0.137. The van der Waals surface area contributed by atoms with Crippen molar-refractivity contribution in [1.29, 1.82) is 0 Å². The van der Waals surface area contributed by atoms with E-state index in [9.17, 15) is 22.4 Å². The number of aromatic nitrogens is 4. The van der Waals surface area contributed by atoms with E-state index in [1.165, 1.54) is 12.3 Å². The smallest absolute Gasteiger partial charge is 0.379 e. The molecule has 0 atom stereocenters. The van der Waals surface area contributed by atoms with E-state index in [0.29, 0.717) is 31.6 Å². The number of hydrogen-bond donors (Lipinski definition) is 2. The summed E-state index contributed by atoms with van der Waals surface area (Å²) in [5, 5.41) is 2.71. The third-order valence-electron chi connectivity index (χ3n) is 5.72. The first kappa shape index (κ1) is 23.8. The van der Waals surface area contributed by atoms with Crippen LogP contribution in [-0.2, 0) is 17.5 Å². The number of anilines is 1. The molecule has 0 aliphatic carbocycles. The van der Waals surface area contributed by atoms with E-state index in [1.54, 1.807) is 12.1 Å². The maximum atomic E-state index is 13.8. The number of alkyl halides is 3. The Labute approximate surface area is 202 Å². The Kier molecular flexibility index (Phi) is 6.37. The molecule has 1 aliphatic rings. The molecule has 1 aromatic carbocycles. The summed E-state index contributed by atoms with van der Waals surface area (Å²) in [6, 6.07) is 8.80. The zero-order chi connectivity index (χ0) is 25.3. The fourth-order valence-corrected chi connectivity index (χ4v) is 4.00. The van der Waals surface area contributed by atoms with Crippen LogP contribution in [0.1, 0.15) is 21.6 Å². The van der Waals surface area contributed by atoms with Crippen molar-refractivity contribution in [2.75, 3.05) is 31.6 Å². The highest BCUT2D eigenvalue weighted by molar-refractivity contribution is 6.10. The second kappa shape index (κ2) is 9.63. The van der Waals surface area contributed by atoms with Gasteiger partial charge in [-0.15, -0.1) is 0 Å². The number of pyridine rings is 2. The molecule has 8 nitrogen and oxygen atoms in total. The number of hydrogen-bond acceptors (Lipinski definition) is 6. The summed E-state index contributed by atoms with van der Waals surface area (Å²) >= 11 is 0. The van der Waals surface area contributed by atoms with Gasteiger partial charge in [-0.1, -0.05) is 6.07 Å². The summed E-state index contributed by atoms with van der Waals surface area (Å²) in [4.78, 5) is 30.6. The normalized spacial score (nSPS) is 14.8. The molecule has 1 saturated heterocycles. The van der Waals surface area contributed by atoms with Crippen LogP contribution in [0.15, 0.2) is 48.7 Å². The van der Waals surface area contributed by atoms with Gasteiger partial charge < -0.3 is 15.0 Å². The first-order valence-electron chi connectivity index (χ1n) is 11.1. The molecule has 36 heavy (non-hydrogen) atoms. The quantitative estimate of drug-likeness (QED) is 0.398. The van der Waals surface area contributed by atoms with Crippen molar-refractivity contribution in [2.24, 2.45) is 0 Å². The standard InChI is InChI=1S/C24H20F4N6O2/c25-14-4-5-18(24(26,27)28)17(12-14)21-32-20-16(6-7-29-22(20)33-21)23(35)31-19-3-1-2-15(30-19)13-34-8-10-36-11-9-34/h1-7,12H,8-11,13H2,(H,29,32,33)(H,30,31,35). The Morgan fingerprint density at radius 3 is 2.69 bits per heavy atom. The number of nitrogens with one attached hydrogen (secondary N) is 2. The Morgan fingerprint density at radius 1 is 1.11 bits per heavy atom. The van der Waals surface area contributed by atoms with Crippen LogP contribution in [0.4, 0.5) is 23.4 Å². The average molecular weight is 500 g/mol. The molecule has 3 aromatic heterocycles. The van der Waals surface area contributed by atoms with Crippen LogP contribution in [0.25, 0.3) is 22.6 Å². The highest BCUT2D eigenvalue weighted by Gasteiger charge is 2.35. The number of imidazole rings is 1. The molecule has 0 bridgehead atoms. The highest BCUT2D eigenvalue weighted by atomic mass is 19.4. The minimum absolute atomic E-state index is 0.0177. The molecular formula is C24H20F4N6O2. The molecule has 4 heterocycles. The Hall–Kier alpha value is -3.90. The van der Waals surface area contributed by atoms with Gasteiger partial charge in [0.15, 0.2) is 5.65 Å². The van der Waals surface area contributed by atoms with Crippen molar-refractivity contribution in [3.05, 3.63) is 71.3 Å². The molecule has 2 N–H and O–H groups in total. The lowest BCUT2D eigenvalue weighted by Gasteiger charge is -2.26. The van der Waals surface area contributed by atoms with Crippen LogP contribution in [-0.4, -0.2) is 57.0 Å². The summed E-state index contributed by atoms with van der Waals surface area (Å²) in [7, 11) is 0. The monoisotopic (exact) mass is 500 g/mol. The van der Waals surface area contributed by atoms with Gasteiger partial charge in [-0.2, -0.15) is 13.2 Å². The lowest BCUT2D eigenvalue weighted by atomic mass is 10.1. The highest BCUT2D eigenvalue weighted by Crippen LogP contribution is 2.37. The third kappa shape index (κ3) is 5.04. The van der Waals surface area contributed by atoms with Crippen molar-refractivity contribution in [2.45, 2.75) is 12.7 Å². The molecule has 0 spiro atoms. The van der Waals surface area contributed by atoms with Gasteiger partial charge in [0.05, 0.1) is 35.6 Å². The molecule has 0 saturated carbocycles. The molecule has 0 unspecified atom stereocenters. The number of nitrogens with zero attached hydrogens (tertiary/aromatic N) is 4. The van der Waals surface area contributed by atoms with E-state index in [1.807, 2.05) is 6.07 Å². The molecule has 1 fully saturated rings. The summed E-state index contributed by atoms with van der Waals surface area (Å²) in [6.45, 7) is 3.49. The number of H-pyrrole nitrogens is 1. The van der Waals surface area contributed by atoms with E-state index >= 15 is 0 Å². The van der Waals surface area contributed by atoms with Gasteiger partial charge in [-0.25, -0.2) is 19.3 Å². The fraction of sp³-hybridized carbons (Fsp3) is 0.250. The van der Waals surface area contributed by atoms with E-state index in [2.05, 4.69) is 30.2 Å². The summed E-state index contributed by atoms with van der Waals surface area (Å²) < 4.78 is 59.6. The first-order chi connectivity index (χ1) is 17.3. The van der Waals surface area contributed by atoms with E-state index in [-0.39, 0.29) is 22.6 Å². The first-order valence-corrected chi connectivity index (χ1v) is 11.1. The van der Waals surface area contributed by atoms with E-state index < -0.39 is 29.0 Å². The average Bonchev–Trinajstić information content (AvgIpc) is 3.28. The number of ether oxygens (including phenoxy) is 1. The van der Waals surface area contributed by atoms with E-state index in [0.717, 1.165) is 30.9 Å². The molecule has 5 rings (SSSR count). The van der Waals surface area contributed by atoms with Crippen molar-refractivity contribution in [3.63, 3.8) is 0 Å². The maximum absolute atomic E-state index is 13.8. The van der Waals surface area contributed by atoms with Crippen LogP contribution in [0.3, 0.4) is 0 Å². The predicted octanol–water partition coefficient (Wildman–Crippen LogP) is 4.26. The summed E-state index contributed by atoms with van der Waals surface area (Å²) in [6.07, 6.45) is -3.41. The maximum Gasteiger partial charge on any atom is 0.417 e. The second-order valence-electron chi connectivity index (χ2n) is 8.19. The number of rotatable bonds is 5. The van der Waals surface area contributed by atoms with E-state index in [4.69, 9.17) is 4.74 Å². The summed E-state index contributed by atoms with van der Waals surface area (Å²) in [5.74, 6) is -1.34. The number of benzene rings is 1. The van der Waals surface area contributed by atoms with Gasteiger partial charge in [0.1, 0.15) is 17.5 Å². The molecule has 0 radical (unpaired) electrons. The largest absolute Gasteiger partial charge is 0.417 e. The number of fused-ring (bicyclic) bond motifs is 1. The number of halogens is 4. The predicted molar refractivity (Wildman–Crippen MR) is 123 cm³/mol. The van der Waals surface area contributed by atoms with Crippen molar-refractivity contribution in [3.8, 4) is 11.4 Å². The molecule has 1 amide bonds. The Balaban J connectivity index is 1.43. The molecule has 12 heteroatoms. The van der Waals surface area contributed by atoms with Gasteiger partial charge in [0.2, 0.25) is 0 Å². The molecular weight excluding hydrogens is 480 g/mol. The number of carbonyl (C=O) groups excluding carboxylic acids is 1. The topological polar surface area (TPSA) is 96.0 Å².